The van der Waals surface area contributed by atoms with E-state index in [2.05, 4.69) is 17.4 Å². The lowest BCUT2D eigenvalue weighted by Gasteiger charge is -2.14. The summed E-state index contributed by atoms with van der Waals surface area (Å²) in [6, 6.07) is 20.4. The number of rotatable bonds is 8. The third-order valence-electron chi connectivity index (χ3n) is 4.77. The molecular weight excluding hydrogens is 424 g/mol. The average molecular weight is 447 g/mol. The first-order valence-electron chi connectivity index (χ1n) is 9.69. The number of ether oxygens (including phenoxy) is 1. The maximum absolute atomic E-state index is 12.0. The van der Waals surface area contributed by atoms with Crippen LogP contribution >= 0.6 is 11.8 Å². The van der Waals surface area contributed by atoms with Crippen molar-refractivity contribution in [2.24, 2.45) is 0 Å². The lowest BCUT2D eigenvalue weighted by Crippen LogP contribution is -2.36. The molecule has 0 radical (unpaired) electrons. The van der Waals surface area contributed by atoms with Gasteiger partial charge in [-0.25, -0.2) is 4.79 Å². The molecule has 0 atom stereocenters. The quantitative estimate of drug-likeness (QED) is 0.305. The molecule has 3 rings (SSSR count). The number of carbonyl (C=O) groups is 3. The van der Waals surface area contributed by atoms with E-state index in [4.69, 9.17) is 4.74 Å². The first-order valence-corrected chi connectivity index (χ1v) is 10.5. The zero-order chi connectivity index (χ0) is 23.1. The predicted molar refractivity (Wildman–Crippen MR) is 124 cm³/mol. The van der Waals surface area contributed by atoms with Crippen LogP contribution in [0.15, 0.2) is 83.1 Å². The lowest BCUT2D eigenvalue weighted by atomic mass is 9.98. The Kier molecular flexibility index (Phi) is 7.46. The molecule has 0 aliphatic carbocycles. The third kappa shape index (κ3) is 5.25. The number of benzene rings is 3. The molecule has 0 heterocycles. The molecule has 0 saturated carbocycles. The van der Waals surface area contributed by atoms with Gasteiger partial charge in [-0.3, -0.25) is 20.4 Å². The standard InChI is InChI=1S/C25H22N2O4S/c1-16-14-20(24(29)27-26-15-28)12-13-22(16)32-23-7-5-4-6-21(23)17(2)18-8-10-19(11-9-18)25(30)31-3/h4-15H,2H2,1,3H3,(H,26,28)(H,27,29). The number of carbonyl (C=O) groups excluding carboxylic acids is 3. The summed E-state index contributed by atoms with van der Waals surface area (Å²) >= 11 is 1.58. The van der Waals surface area contributed by atoms with Crippen molar-refractivity contribution in [2.75, 3.05) is 7.11 Å². The molecule has 32 heavy (non-hydrogen) atoms. The average Bonchev–Trinajstić information content (AvgIpc) is 2.83. The van der Waals surface area contributed by atoms with Crippen LogP contribution in [0.3, 0.4) is 0 Å². The Morgan fingerprint density at radius 1 is 0.938 bits per heavy atom. The molecule has 0 unspecified atom stereocenters. The second-order valence-electron chi connectivity index (χ2n) is 6.84. The summed E-state index contributed by atoms with van der Waals surface area (Å²) < 4.78 is 4.75. The molecule has 2 amide bonds. The molecule has 0 saturated heterocycles. The van der Waals surface area contributed by atoms with Crippen LogP contribution in [-0.2, 0) is 9.53 Å². The number of aryl methyl sites for hydroxylation is 1. The van der Waals surface area contributed by atoms with Gasteiger partial charge in [0.2, 0.25) is 6.41 Å². The number of hydrazine groups is 1. The van der Waals surface area contributed by atoms with Gasteiger partial charge >= 0.3 is 5.97 Å². The fourth-order valence-corrected chi connectivity index (χ4v) is 4.12. The van der Waals surface area contributed by atoms with Crippen molar-refractivity contribution in [1.29, 1.82) is 0 Å². The highest BCUT2D eigenvalue weighted by Crippen LogP contribution is 2.37. The summed E-state index contributed by atoms with van der Waals surface area (Å²) in [5.41, 5.74) is 9.01. The van der Waals surface area contributed by atoms with Crippen LogP contribution in [0.5, 0.6) is 0 Å². The molecule has 2 N–H and O–H groups in total. The van der Waals surface area contributed by atoms with Crippen molar-refractivity contribution in [3.8, 4) is 0 Å². The van der Waals surface area contributed by atoms with Crippen LogP contribution in [0.4, 0.5) is 0 Å². The van der Waals surface area contributed by atoms with Crippen molar-refractivity contribution in [2.45, 2.75) is 16.7 Å². The molecule has 6 nitrogen and oxygen atoms in total. The van der Waals surface area contributed by atoms with Gasteiger partial charge in [-0.15, -0.1) is 0 Å². The van der Waals surface area contributed by atoms with Crippen molar-refractivity contribution < 1.29 is 19.1 Å². The Balaban J connectivity index is 1.84. The largest absolute Gasteiger partial charge is 0.465 e. The highest BCUT2D eigenvalue weighted by molar-refractivity contribution is 7.99. The number of amides is 2. The highest BCUT2D eigenvalue weighted by atomic mass is 32.2. The summed E-state index contributed by atoms with van der Waals surface area (Å²) in [5, 5.41) is 0. The molecule has 0 bridgehead atoms. The van der Waals surface area contributed by atoms with E-state index in [1.54, 1.807) is 36.0 Å². The minimum atomic E-state index is -0.388. The van der Waals surface area contributed by atoms with Crippen molar-refractivity contribution in [3.05, 3.63) is 101 Å². The minimum absolute atomic E-state index is 0.382. The van der Waals surface area contributed by atoms with Gasteiger partial charge in [0, 0.05) is 15.4 Å². The summed E-state index contributed by atoms with van der Waals surface area (Å²) in [6.45, 7) is 6.19. The number of methoxy groups -OCH3 is 1. The Labute approximate surface area is 190 Å². The zero-order valence-corrected chi connectivity index (χ0v) is 18.5. The molecule has 0 aliphatic heterocycles. The van der Waals surface area contributed by atoms with Crippen LogP contribution in [0.2, 0.25) is 0 Å². The van der Waals surface area contributed by atoms with Gasteiger partial charge in [-0.2, -0.15) is 0 Å². The van der Waals surface area contributed by atoms with E-state index < -0.39 is 0 Å². The summed E-state index contributed by atoms with van der Waals surface area (Å²) in [6.07, 6.45) is 0.405. The number of hydrogen-bond donors (Lipinski definition) is 2. The molecule has 0 aliphatic rings. The monoisotopic (exact) mass is 446 g/mol. The van der Waals surface area contributed by atoms with E-state index >= 15 is 0 Å². The molecule has 0 aromatic heterocycles. The number of nitrogens with one attached hydrogen (secondary N) is 2. The second-order valence-corrected chi connectivity index (χ2v) is 7.93. The fourth-order valence-electron chi connectivity index (χ4n) is 3.08. The molecule has 0 spiro atoms. The first kappa shape index (κ1) is 22.8. The Morgan fingerprint density at radius 2 is 1.59 bits per heavy atom. The third-order valence-corrected chi connectivity index (χ3v) is 6.02. The van der Waals surface area contributed by atoms with E-state index in [1.165, 1.54) is 7.11 Å². The topological polar surface area (TPSA) is 84.5 Å². The molecule has 7 heteroatoms. The lowest BCUT2D eigenvalue weighted by molar-refractivity contribution is -0.110. The van der Waals surface area contributed by atoms with Crippen LogP contribution < -0.4 is 10.9 Å². The molecule has 3 aromatic rings. The Hall–Kier alpha value is -3.84. The first-order chi connectivity index (χ1) is 15.4. The van der Waals surface area contributed by atoms with Crippen LogP contribution in [-0.4, -0.2) is 25.4 Å². The van der Waals surface area contributed by atoms with Crippen molar-refractivity contribution in [1.82, 2.24) is 10.9 Å². The predicted octanol–water partition coefficient (Wildman–Crippen LogP) is 4.39. The second kappa shape index (κ2) is 10.5. The van der Waals surface area contributed by atoms with E-state index in [0.717, 1.165) is 32.1 Å². The Bertz CT molecular complexity index is 1170. The molecule has 3 aromatic carbocycles. The van der Waals surface area contributed by atoms with Crippen LogP contribution in [0, 0.1) is 6.92 Å². The molecule has 0 fully saturated rings. The van der Waals surface area contributed by atoms with Crippen LogP contribution in [0.25, 0.3) is 5.57 Å². The zero-order valence-electron chi connectivity index (χ0n) is 17.7. The molecular formula is C25H22N2O4S. The van der Waals surface area contributed by atoms with Crippen LogP contribution in [0.1, 0.15) is 37.4 Å². The van der Waals surface area contributed by atoms with E-state index in [9.17, 15) is 14.4 Å². The smallest absolute Gasteiger partial charge is 0.337 e. The Morgan fingerprint density at radius 3 is 2.25 bits per heavy atom. The van der Waals surface area contributed by atoms with Crippen molar-refractivity contribution in [3.63, 3.8) is 0 Å². The van der Waals surface area contributed by atoms with Gasteiger partial charge in [-0.1, -0.05) is 48.7 Å². The van der Waals surface area contributed by atoms with E-state index in [1.807, 2.05) is 49.4 Å². The SMILES string of the molecule is C=C(c1ccc(C(=O)OC)cc1)c1ccccc1Sc1ccc(C(=O)NNC=O)cc1C. The highest BCUT2D eigenvalue weighted by Gasteiger charge is 2.13. The normalized spacial score (nSPS) is 10.2. The number of esters is 1. The van der Waals surface area contributed by atoms with Gasteiger partial charge in [0.15, 0.2) is 0 Å². The van der Waals surface area contributed by atoms with Gasteiger partial charge in [0.05, 0.1) is 12.7 Å². The van der Waals surface area contributed by atoms with Crippen molar-refractivity contribution >= 4 is 35.6 Å². The van der Waals surface area contributed by atoms with E-state index in [-0.39, 0.29) is 11.9 Å². The van der Waals surface area contributed by atoms with Gasteiger partial charge < -0.3 is 4.74 Å². The minimum Gasteiger partial charge on any atom is -0.465 e. The summed E-state index contributed by atoms with van der Waals surface area (Å²) in [5.74, 6) is -0.770. The number of hydrogen-bond acceptors (Lipinski definition) is 5. The summed E-state index contributed by atoms with van der Waals surface area (Å²) in [7, 11) is 1.35. The maximum Gasteiger partial charge on any atom is 0.337 e. The van der Waals surface area contributed by atoms with E-state index in [0.29, 0.717) is 17.5 Å². The fraction of sp³-hybridized carbons (Fsp3) is 0.0800. The maximum atomic E-state index is 12.0. The van der Waals surface area contributed by atoms with Gasteiger partial charge in [-0.05, 0) is 65.6 Å². The van der Waals surface area contributed by atoms with Gasteiger partial charge in [0.25, 0.3) is 5.91 Å². The summed E-state index contributed by atoms with van der Waals surface area (Å²) in [4.78, 5) is 36.1. The molecule has 162 valence electrons. The van der Waals surface area contributed by atoms with Gasteiger partial charge in [0.1, 0.15) is 0 Å².